The van der Waals surface area contributed by atoms with E-state index < -0.39 is 11.2 Å². The molecule has 0 heterocycles. The van der Waals surface area contributed by atoms with Gasteiger partial charge in [0.15, 0.2) is 0 Å². The van der Waals surface area contributed by atoms with Crippen LogP contribution >= 0.6 is 0 Å². The molecule has 2 rings (SSSR count). The largest absolute Gasteiger partial charge is 0.386 e. The Balaban J connectivity index is 2.42. The minimum absolute atomic E-state index is 0.174. The van der Waals surface area contributed by atoms with Crippen molar-refractivity contribution in [2.24, 2.45) is 11.8 Å². The van der Waals surface area contributed by atoms with Gasteiger partial charge in [-0.1, -0.05) is 26.0 Å². The molecule has 4 atom stereocenters. The number of hydrogen-bond acceptors (Lipinski definition) is 2. The highest BCUT2D eigenvalue weighted by molar-refractivity contribution is 5.26. The van der Waals surface area contributed by atoms with E-state index in [1.54, 1.807) is 0 Å². The quantitative estimate of drug-likeness (QED) is 0.635. The van der Waals surface area contributed by atoms with E-state index in [1.165, 1.54) is 0 Å². The van der Waals surface area contributed by atoms with E-state index in [-0.39, 0.29) is 11.8 Å². The van der Waals surface area contributed by atoms with E-state index in [0.717, 1.165) is 6.42 Å². The summed E-state index contributed by atoms with van der Waals surface area (Å²) in [5.41, 5.74) is -1.75. The normalized spacial score (nSPS) is 53.2. The van der Waals surface area contributed by atoms with Crippen LogP contribution in [0.15, 0.2) is 12.2 Å². The summed E-state index contributed by atoms with van der Waals surface area (Å²) < 4.78 is 0. The molecule has 0 aromatic rings. The molecule has 1 fully saturated rings. The van der Waals surface area contributed by atoms with E-state index in [2.05, 4.69) is 12.2 Å². The molecular weight excluding hydrogens is 164 g/mol. The highest BCUT2D eigenvalue weighted by Crippen LogP contribution is 2.55. The molecular formula is C11H18O2. The van der Waals surface area contributed by atoms with Gasteiger partial charge in [0.2, 0.25) is 0 Å². The molecule has 74 valence electrons. The van der Waals surface area contributed by atoms with Crippen LogP contribution in [0.2, 0.25) is 0 Å². The van der Waals surface area contributed by atoms with Gasteiger partial charge in [0, 0.05) is 11.8 Å². The van der Waals surface area contributed by atoms with E-state index in [0.29, 0.717) is 12.8 Å². The first-order valence-electron chi connectivity index (χ1n) is 5.21. The highest BCUT2D eigenvalue weighted by Gasteiger charge is 2.62. The lowest BCUT2D eigenvalue weighted by Crippen LogP contribution is -2.56. The lowest BCUT2D eigenvalue weighted by atomic mass is 9.72. The zero-order chi connectivity index (χ0) is 9.69. The number of aliphatic hydroxyl groups is 2. The van der Waals surface area contributed by atoms with E-state index in [4.69, 9.17) is 0 Å². The minimum Gasteiger partial charge on any atom is -0.386 e. The van der Waals surface area contributed by atoms with Gasteiger partial charge in [0.25, 0.3) is 0 Å². The van der Waals surface area contributed by atoms with Gasteiger partial charge in [-0.25, -0.2) is 0 Å². The molecule has 0 aromatic heterocycles. The van der Waals surface area contributed by atoms with Gasteiger partial charge >= 0.3 is 0 Å². The van der Waals surface area contributed by atoms with Gasteiger partial charge in [-0.15, -0.1) is 0 Å². The lowest BCUT2D eigenvalue weighted by molar-refractivity contribution is -0.161. The standard InChI is InChI=1S/C11H18O2/c1-3-10(12)8-5-6-9(7-8)11(10,13)4-2/h5-6,8-9,12-13H,3-4,7H2,1-2H3. The molecule has 0 aliphatic heterocycles. The second kappa shape index (κ2) is 2.58. The second-order valence-electron chi connectivity index (χ2n) is 4.39. The predicted molar refractivity (Wildman–Crippen MR) is 51.2 cm³/mol. The van der Waals surface area contributed by atoms with Crippen LogP contribution in [0.25, 0.3) is 0 Å². The Morgan fingerprint density at radius 2 is 1.46 bits per heavy atom. The molecule has 0 amide bonds. The summed E-state index contributed by atoms with van der Waals surface area (Å²) in [5, 5.41) is 20.8. The highest BCUT2D eigenvalue weighted by atomic mass is 16.4. The third-order valence-electron chi connectivity index (χ3n) is 4.14. The summed E-state index contributed by atoms with van der Waals surface area (Å²) in [6.07, 6.45) is 6.34. The summed E-state index contributed by atoms with van der Waals surface area (Å²) in [5.74, 6) is 0.347. The van der Waals surface area contributed by atoms with Gasteiger partial charge < -0.3 is 10.2 Å². The molecule has 0 radical (unpaired) electrons. The van der Waals surface area contributed by atoms with Gasteiger partial charge in [-0.3, -0.25) is 0 Å². The van der Waals surface area contributed by atoms with Crippen LogP contribution in [0.4, 0.5) is 0 Å². The Labute approximate surface area is 79.3 Å². The SMILES string of the molecule is CCC1(O)C2C=CC(C2)C1(O)CC. The Kier molecular flexibility index (Phi) is 1.83. The van der Waals surface area contributed by atoms with E-state index in [9.17, 15) is 10.2 Å². The first kappa shape index (κ1) is 9.22. The molecule has 2 aliphatic rings. The van der Waals surface area contributed by atoms with Gasteiger partial charge in [0.1, 0.15) is 0 Å². The number of hydrogen-bond donors (Lipinski definition) is 2. The maximum Gasteiger partial charge on any atom is 0.0998 e. The molecule has 2 N–H and O–H groups in total. The Morgan fingerprint density at radius 3 is 1.77 bits per heavy atom. The first-order valence-corrected chi connectivity index (χ1v) is 5.21. The lowest BCUT2D eigenvalue weighted by Gasteiger charge is -2.43. The summed E-state index contributed by atoms with van der Waals surface area (Å²) in [6.45, 7) is 3.91. The predicted octanol–water partition coefficient (Wildman–Crippen LogP) is 1.47. The molecule has 2 bridgehead atoms. The van der Waals surface area contributed by atoms with Crippen molar-refractivity contribution in [2.75, 3.05) is 0 Å². The summed E-state index contributed by atoms with van der Waals surface area (Å²) in [6, 6.07) is 0. The van der Waals surface area contributed by atoms with Gasteiger partial charge in [0.05, 0.1) is 11.2 Å². The maximum absolute atomic E-state index is 10.4. The zero-order valence-electron chi connectivity index (χ0n) is 8.33. The van der Waals surface area contributed by atoms with Crippen LogP contribution < -0.4 is 0 Å². The molecule has 0 saturated heterocycles. The van der Waals surface area contributed by atoms with Crippen molar-refractivity contribution in [3.8, 4) is 0 Å². The maximum atomic E-state index is 10.4. The average Bonchev–Trinajstić information content (AvgIpc) is 2.70. The van der Waals surface area contributed by atoms with Crippen molar-refractivity contribution >= 4 is 0 Å². The Morgan fingerprint density at radius 1 is 1.08 bits per heavy atom. The molecule has 2 heteroatoms. The van der Waals surface area contributed by atoms with E-state index in [1.807, 2.05) is 13.8 Å². The summed E-state index contributed by atoms with van der Waals surface area (Å²) >= 11 is 0. The van der Waals surface area contributed by atoms with Crippen LogP contribution in [0, 0.1) is 11.8 Å². The molecule has 13 heavy (non-hydrogen) atoms. The zero-order valence-corrected chi connectivity index (χ0v) is 8.33. The van der Waals surface area contributed by atoms with Crippen molar-refractivity contribution in [1.29, 1.82) is 0 Å². The smallest absolute Gasteiger partial charge is 0.0998 e. The van der Waals surface area contributed by atoms with Crippen LogP contribution in [0.1, 0.15) is 33.1 Å². The third kappa shape index (κ3) is 0.856. The Bertz CT molecular complexity index is 224. The fourth-order valence-corrected chi connectivity index (χ4v) is 3.19. The average molecular weight is 182 g/mol. The van der Waals surface area contributed by atoms with Crippen molar-refractivity contribution < 1.29 is 10.2 Å². The molecule has 0 aromatic carbocycles. The monoisotopic (exact) mass is 182 g/mol. The summed E-state index contributed by atoms with van der Waals surface area (Å²) in [7, 11) is 0. The molecule has 2 aliphatic carbocycles. The van der Waals surface area contributed by atoms with Crippen LogP contribution in [0.3, 0.4) is 0 Å². The fourth-order valence-electron chi connectivity index (χ4n) is 3.19. The number of fused-ring (bicyclic) bond motifs is 2. The van der Waals surface area contributed by atoms with Crippen molar-refractivity contribution in [3.63, 3.8) is 0 Å². The van der Waals surface area contributed by atoms with Crippen molar-refractivity contribution in [1.82, 2.24) is 0 Å². The minimum atomic E-state index is -0.874. The summed E-state index contributed by atoms with van der Waals surface area (Å²) in [4.78, 5) is 0. The molecule has 1 saturated carbocycles. The van der Waals surface area contributed by atoms with E-state index >= 15 is 0 Å². The van der Waals surface area contributed by atoms with Crippen LogP contribution in [0.5, 0.6) is 0 Å². The van der Waals surface area contributed by atoms with Crippen molar-refractivity contribution in [3.05, 3.63) is 12.2 Å². The Hall–Kier alpha value is -0.340. The van der Waals surface area contributed by atoms with Gasteiger partial charge in [-0.05, 0) is 19.3 Å². The van der Waals surface area contributed by atoms with Crippen LogP contribution in [-0.2, 0) is 0 Å². The third-order valence-corrected chi connectivity index (χ3v) is 4.14. The first-order chi connectivity index (χ1) is 6.08. The van der Waals surface area contributed by atoms with Gasteiger partial charge in [-0.2, -0.15) is 0 Å². The van der Waals surface area contributed by atoms with Crippen molar-refractivity contribution in [2.45, 2.75) is 44.3 Å². The topological polar surface area (TPSA) is 40.5 Å². The van der Waals surface area contributed by atoms with Crippen LogP contribution in [-0.4, -0.2) is 21.4 Å². The molecule has 4 unspecified atom stereocenters. The number of rotatable bonds is 2. The fraction of sp³-hybridized carbons (Fsp3) is 0.818. The molecule has 2 nitrogen and oxygen atoms in total. The second-order valence-corrected chi connectivity index (χ2v) is 4.39. The molecule has 0 spiro atoms.